The minimum atomic E-state index is -0.111. The van der Waals surface area contributed by atoms with Gasteiger partial charge in [0.15, 0.2) is 0 Å². The highest BCUT2D eigenvalue weighted by molar-refractivity contribution is 5.88. The van der Waals surface area contributed by atoms with E-state index in [2.05, 4.69) is 10.6 Å². The first-order valence-electron chi connectivity index (χ1n) is 6.17. The first-order chi connectivity index (χ1) is 9.54. The number of anilines is 2. The molecule has 0 saturated carbocycles. The van der Waals surface area contributed by atoms with Crippen LogP contribution in [0, 0.1) is 0 Å². The fraction of sp³-hybridized carbons (Fsp3) is 0.133. The molecular formula is C15H16N2O3. The van der Waals surface area contributed by atoms with Crippen molar-refractivity contribution in [3.63, 3.8) is 0 Å². The summed E-state index contributed by atoms with van der Waals surface area (Å²) in [5, 5.41) is 24.7. The van der Waals surface area contributed by atoms with E-state index in [1.807, 2.05) is 12.1 Å². The van der Waals surface area contributed by atoms with Crippen molar-refractivity contribution in [2.24, 2.45) is 0 Å². The van der Waals surface area contributed by atoms with Crippen molar-refractivity contribution in [2.45, 2.75) is 13.5 Å². The van der Waals surface area contributed by atoms with Crippen molar-refractivity contribution in [1.82, 2.24) is 0 Å². The average molecular weight is 272 g/mol. The molecule has 2 aromatic rings. The van der Waals surface area contributed by atoms with Crippen LogP contribution in [0.2, 0.25) is 0 Å². The van der Waals surface area contributed by atoms with Gasteiger partial charge in [-0.15, -0.1) is 0 Å². The van der Waals surface area contributed by atoms with Crippen LogP contribution in [-0.2, 0) is 11.3 Å². The van der Waals surface area contributed by atoms with Crippen molar-refractivity contribution in [3.8, 4) is 11.5 Å². The van der Waals surface area contributed by atoms with Crippen LogP contribution in [0.1, 0.15) is 12.5 Å². The lowest BCUT2D eigenvalue weighted by Crippen LogP contribution is -2.05. The van der Waals surface area contributed by atoms with Crippen molar-refractivity contribution < 1.29 is 15.0 Å². The summed E-state index contributed by atoms with van der Waals surface area (Å²) in [6, 6.07) is 11.7. The monoisotopic (exact) mass is 272 g/mol. The van der Waals surface area contributed by atoms with Crippen molar-refractivity contribution in [3.05, 3.63) is 48.0 Å². The summed E-state index contributed by atoms with van der Waals surface area (Å²) < 4.78 is 0. The Morgan fingerprint density at radius 2 is 1.70 bits per heavy atom. The second kappa shape index (κ2) is 5.97. The quantitative estimate of drug-likeness (QED) is 0.689. The predicted octanol–water partition coefficient (Wildman–Crippen LogP) is 2.67. The van der Waals surface area contributed by atoms with E-state index in [4.69, 9.17) is 0 Å². The number of benzene rings is 2. The fourth-order valence-corrected chi connectivity index (χ4v) is 1.77. The molecule has 0 unspecified atom stereocenters. The topological polar surface area (TPSA) is 81.6 Å². The zero-order valence-corrected chi connectivity index (χ0v) is 11.1. The molecule has 104 valence electrons. The molecule has 20 heavy (non-hydrogen) atoms. The maximum atomic E-state index is 10.9. The van der Waals surface area contributed by atoms with E-state index < -0.39 is 0 Å². The lowest BCUT2D eigenvalue weighted by Gasteiger charge is -2.09. The SMILES string of the molecule is CC(=O)Nc1ccc(NCc2ccc(O)cc2O)cc1. The lowest BCUT2D eigenvalue weighted by atomic mass is 10.2. The van der Waals surface area contributed by atoms with Crippen molar-refractivity contribution in [1.29, 1.82) is 0 Å². The minimum Gasteiger partial charge on any atom is -0.508 e. The van der Waals surface area contributed by atoms with Gasteiger partial charge in [-0.3, -0.25) is 4.79 Å². The molecule has 5 heteroatoms. The first kappa shape index (κ1) is 13.7. The molecule has 0 aromatic heterocycles. The van der Waals surface area contributed by atoms with Crippen molar-refractivity contribution >= 4 is 17.3 Å². The van der Waals surface area contributed by atoms with Crippen LogP contribution in [0.5, 0.6) is 11.5 Å². The molecule has 0 spiro atoms. The Labute approximate surface area is 116 Å². The highest BCUT2D eigenvalue weighted by atomic mass is 16.3. The van der Waals surface area contributed by atoms with Gasteiger partial charge in [-0.25, -0.2) is 0 Å². The van der Waals surface area contributed by atoms with Gasteiger partial charge in [-0.2, -0.15) is 0 Å². The first-order valence-corrected chi connectivity index (χ1v) is 6.17. The number of phenols is 2. The molecule has 4 N–H and O–H groups in total. The van der Waals surface area contributed by atoms with Gasteiger partial charge >= 0.3 is 0 Å². The highest BCUT2D eigenvalue weighted by Crippen LogP contribution is 2.23. The second-order valence-electron chi connectivity index (χ2n) is 4.43. The van der Waals surface area contributed by atoms with E-state index in [-0.39, 0.29) is 17.4 Å². The average Bonchev–Trinajstić information content (AvgIpc) is 2.39. The molecule has 0 bridgehead atoms. The zero-order chi connectivity index (χ0) is 14.5. The van der Waals surface area contributed by atoms with Crippen LogP contribution in [0.3, 0.4) is 0 Å². The molecule has 0 atom stereocenters. The maximum absolute atomic E-state index is 10.9. The predicted molar refractivity (Wildman–Crippen MR) is 77.8 cm³/mol. The van der Waals surface area contributed by atoms with E-state index in [1.165, 1.54) is 19.1 Å². The summed E-state index contributed by atoms with van der Waals surface area (Å²) in [6.07, 6.45) is 0. The maximum Gasteiger partial charge on any atom is 0.221 e. The van der Waals surface area contributed by atoms with Crippen LogP contribution in [-0.4, -0.2) is 16.1 Å². The number of rotatable bonds is 4. The van der Waals surface area contributed by atoms with Crippen LogP contribution in [0.15, 0.2) is 42.5 Å². The standard InChI is InChI=1S/C15H16N2O3/c1-10(18)17-13-5-3-12(4-6-13)16-9-11-2-7-14(19)8-15(11)20/h2-8,16,19-20H,9H2,1H3,(H,17,18). The molecule has 0 radical (unpaired) electrons. The van der Waals surface area contributed by atoms with Crippen LogP contribution in [0.25, 0.3) is 0 Å². The summed E-state index contributed by atoms with van der Waals surface area (Å²) in [4.78, 5) is 10.9. The molecule has 1 amide bonds. The third-order valence-corrected chi connectivity index (χ3v) is 2.76. The third kappa shape index (κ3) is 3.65. The Bertz CT molecular complexity index is 609. The number of carbonyl (C=O) groups excluding carboxylic acids is 1. The van der Waals surface area contributed by atoms with Crippen molar-refractivity contribution in [2.75, 3.05) is 10.6 Å². The molecular weight excluding hydrogens is 256 g/mol. The van der Waals surface area contributed by atoms with Gasteiger partial charge in [-0.05, 0) is 36.4 Å². The number of carbonyl (C=O) groups is 1. The number of hydrogen-bond donors (Lipinski definition) is 4. The van der Waals surface area contributed by atoms with Gasteiger partial charge in [0.25, 0.3) is 0 Å². The molecule has 0 saturated heterocycles. The van der Waals surface area contributed by atoms with Gasteiger partial charge in [0.2, 0.25) is 5.91 Å². The minimum absolute atomic E-state index is 0.0333. The normalized spacial score (nSPS) is 10.1. The summed E-state index contributed by atoms with van der Waals surface area (Å²) >= 11 is 0. The third-order valence-electron chi connectivity index (χ3n) is 2.76. The van der Waals surface area contributed by atoms with E-state index in [0.29, 0.717) is 12.1 Å². The second-order valence-corrected chi connectivity index (χ2v) is 4.43. The molecule has 0 aliphatic heterocycles. The largest absolute Gasteiger partial charge is 0.508 e. The molecule has 0 fully saturated rings. The number of amides is 1. The van der Waals surface area contributed by atoms with E-state index in [1.54, 1.807) is 18.2 Å². The van der Waals surface area contributed by atoms with Crippen LogP contribution >= 0.6 is 0 Å². The van der Waals surface area contributed by atoms with Gasteiger partial charge < -0.3 is 20.8 Å². The number of nitrogens with one attached hydrogen (secondary N) is 2. The highest BCUT2D eigenvalue weighted by Gasteiger charge is 2.02. The van der Waals surface area contributed by atoms with E-state index in [0.717, 1.165) is 11.4 Å². The molecule has 0 aliphatic rings. The van der Waals surface area contributed by atoms with Gasteiger partial charge in [0, 0.05) is 36.5 Å². The Morgan fingerprint density at radius 1 is 1.05 bits per heavy atom. The van der Waals surface area contributed by atoms with Crippen LogP contribution < -0.4 is 10.6 Å². The smallest absolute Gasteiger partial charge is 0.221 e. The molecule has 0 aliphatic carbocycles. The Hall–Kier alpha value is -2.69. The van der Waals surface area contributed by atoms with Crippen LogP contribution in [0.4, 0.5) is 11.4 Å². The molecule has 5 nitrogen and oxygen atoms in total. The van der Waals surface area contributed by atoms with Gasteiger partial charge in [-0.1, -0.05) is 0 Å². The Kier molecular flexibility index (Phi) is 4.10. The van der Waals surface area contributed by atoms with E-state index in [9.17, 15) is 15.0 Å². The van der Waals surface area contributed by atoms with Gasteiger partial charge in [0.05, 0.1) is 0 Å². The summed E-state index contributed by atoms with van der Waals surface area (Å²) in [5.74, 6) is -0.0296. The zero-order valence-electron chi connectivity index (χ0n) is 11.1. The Morgan fingerprint density at radius 3 is 2.30 bits per heavy atom. The summed E-state index contributed by atoms with van der Waals surface area (Å²) in [7, 11) is 0. The van der Waals surface area contributed by atoms with E-state index >= 15 is 0 Å². The number of hydrogen-bond acceptors (Lipinski definition) is 4. The summed E-state index contributed by atoms with van der Waals surface area (Å²) in [6.45, 7) is 1.89. The summed E-state index contributed by atoms with van der Waals surface area (Å²) in [5.41, 5.74) is 2.29. The van der Waals surface area contributed by atoms with Gasteiger partial charge in [0.1, 0.15) is 11.5 Å². The number of phenolic OH excluding ortho intramolecular Hbond substituents is 2. The fourth-order valence-electron chi connectivity index (χ4n) is 1.77. The number of aromatic hydroxyl groups is 2. The molecule has 2 aromatic carbocycles. The lowest BCUT2D eigenvalue weighted by molar-refractivity contribution is -0.114. The molecule has 0 heterocycles. The molecule has 2 rings (SSSR count). The Balaban J connectivity index is 1.98.